The molecule has 132 valence electrons. The fraction of sp³-hybridized carbons (Fsp3) is 0.300. The highest BCUT2D eigenvalue weighted by molar-refractivity contribution is 5.91. The lowest BCUT2D eigenvalue weighted by Gasteiger charge is -2.21. The van der Waals surface area contributed by atoms with Gasteiger partial charge < -0.3 is 15.0 Å². The Hall–Kier alpha value is -2.82. The van der Waals surface area contributed by atoms with E-state index in [1.54, 1.807) is 4.90 Å². The summed E-state index contributed by atoms with van der Waals surface area (Å²) in [7, 11) is 0. The van der Waals surface area contributed by atoms with Crippen LogP contribution < -0.4 is 15.0 Å². The summed E-state index contributed by atoms with van der Waals surface area (Å²) < 4.78 is 5.41. The third-order valence-corrected chi connectivity index (χ3v) is 3.70. The Labute approximate surface area is 148 Å². The molecule has 0 spiro atoms. The first kappa shape index (κ1) is 18.5. The third-order valence-electron chi connectivity index (χ3n) is 3.70. The van der Waals surface area contributed by atoms with E-state index in [1.807, 2.05) is 61.5 Å². The number of rotatable bonds is 8. The Morgan fingerprint density at radius 2 is 1.72 bits per heavy atom. The maximum Gasteiger partial charge on any atom is 0.224 e. The Morgan fingerprint density at radius 1 is 1.04 bits per heavy atom. The summed E-state index contributed by atoms with van der Waals surface area (Å²) >= 11 is 0. The quantitative estimate of drug-likeness (QED) is 0.804. The second kappa shape index (κ2) is 9.47. The second-order valence-corrected chi connectivity index (χ2v) is 5.61. The monoisotopic (exact) mass is 340 g/mol. The van der Waals surface area contributed by atoms with Crippen molar-refractivity contribution in [2.45, 2.75) is 20.3 Å². The zero-order valence-corrected chi connectivity index (χ0v) is 14.7. The normalized spacial score (nSPS) is 10.2. The highest BCUT2D eigenvalue weighted by Crippen LogP contribution is 2.19. The summed E-state index contributed by atoms with van der Waals surface area (Å²) in [5.74, 6) is 0.647. The third kappa shape index (κ3) is 5.95. The first-order valence-electron chi connectivity index (χ1n) is 8.41. The fourth-order valence-corrected chi connectivity index (χ4v) is 2.51. The number of nitrogens with zero attached hydrogens (tertiary/aromatic N) is 1. The number of carbonyl (C=O) groups excluding carboxylic acids is 2. The first-order valence-corrected chi connectivity index (χ1v) is 8.41. The molecule has 0 fully saturated rings. The number of ether oxygens (including phenoxy) is 1. The van der Waals surface area contributed by atoms with Gasteiger partial charge >= 0.3 is 0 Å². The van der Waals surface area contributed by atoms with Gasteiger partial charge in [-0.15, -0.1) is 0 Å². The molecule has 0 aliphatic heterocycles. The number of carbonyl (C=O) groups is 2. The summed E-state index contributed by atoms with van der Waals surface area (Å²) in [5.41, 5.74) is 1.75. The van der Waals surface area contributed by atoms with Crippen molar-refractivity contribution in [2.75, 3.05) is 24.6 Å². The van der Waals surface area contributed by atoms with E-state index in [0.717, 1.165) is 17.0 Å². The molecule has 0 radical (unpaired) electrons. The number of benzene rings is 2. The smallest absolute Gasteiger partial charge is 0.224 e. The van der Waals surface area contributed by atoms with E-state index in [2.05, 4.69) is 5.32 Å². The average Bonchev–Trinajstić information content (AvgIpc) is 2.60. The van der Waals surface area contributed by atoms with Crippen LogP contribution in [0, 0.1) is 0 Å². The van der Waals surface area contributed by atoms with Crippen LogP contribution in [0.3, 0.4) is 0 Å². The lowest BCUT2D eigenvalue weighted by molar-refractivity contribution is -0.121. The largest absolute Gasteiger partial charge is 0.494 e. The van der Waals surface area contributed by atoms with Crippen LogP contribution in [0.1, 0.15) is 19.4 Å². The van der Waals surface area contributed by atoms with Gasteiger partial charge in [0.2, 0.25) is 11.8 Å². The molecule has 0 unspecified atom stereocenters. The maximum atomic E-state index is 12.0. The van der Waals surface area contributed by atoms with Crippen molar-refractivity contribution in [3.05, 3.63) is 60.2 Å². The van der Waals surface area contributed by atoms with Crippen LogP contribution in [0.25, 0.3) is 0 Å². The topological polar surface area (TPSA) is 58.6 Å². The average molecular weight is 340 g/mol. The van der Waals surface area contributed by atoms with Crippen LogP contribution in [-0.2, 0) is 16.0 Å². The minimum absolute atomic E-state index is 0.0543. The van der Waals surface area contributed by atoms with Gasteiger partial charge in [-0.3, -0.25) is 9.59 Å². The highest BCUT2D eigenvalue weighted by atomic mass is 16.5. The van der Waals surface area contributed by atoms with Crippen LogP contribution in [0.4, 0.5) is 5.69 Å². The number of hydrogen-bond acceptors (Lipinski definition) is 3. The molecule has 5 heteroatoms. The Kier molecular flexibility index (Phi) is 7.01. The molecule has 5 nitrogen and oxygen atoms in total. The van der Waals surface area contributed by atoms with Crippen LogP contribution in [0.5, 0.6) is 5.75 Å². The molecular weight excluding hydrogens is 316 g/mol. The molecule has 2 amide bonds. The van der Waals surface area contributed by atoms with Gasteiger partial charge in [0.15, 0.2) is 0 Å². The summed E-state index contributed by atoms with van der Waals surface area (Å²) in [6.45, 7) is 4.86. The molecule has 0 heterocycles. The number of anilines is 1. The highest BCUT2D eigenvalue weighted by Gasteiger charge is 2.12. The van der Waals surface area contributed by atoms with E-state index in [0.29, 0.717) is 26.1 Å². The lowest BCUT2D eigenvalue weighted by Crippen LogP contribution is -2.38. The molecule has 0 atom stereocenters. The lowest BCUT2D eigenvalue weighted by atomic mass is 10.1. The SMILES string of the molecule is CCOc1ccc(N(CCNC(=O)Cc2ccccc2)C(C)=O)cc1. The predicted octanol–water partition coefficient (Wildman–Crippen LogP) is 2.80. The minimum atomic E-state index is -0.0681. The van der Waals surface area contributed by atoms with Crippen molar-refractivity contribution in [3.63, 3.8) is 0 Å². The molecule has 2 rings (SSSR count). The molecule has 25 heavy (non-hydrogen) atoms. The first-order chi connectivity index (χ1) is 12.1. The van der Waals surface area contributed by atoms with Crippen molar-refractivity contribution < 1.29 is 14.3 Å². The second-order valence-electron chi connectivity index (χ2n) is 5.61. The summed E-state index contributed by atoms with van der Waals surface area (Å²) in [5, 5.41) is 2.86. The van der Waals surface area contributed by atoms with Gasteiger partial charge in [0.05, 0.1) is 13.0 Å². The minimum Gasteiger partial charge on any atom is -0.494 e. The van der Waals surface area contributed by atoms with E-state index in [9.17, 15) is 9.59 Å². The van der Waals surface area contributed by atoms with Crippen LogP contribution in [0.2, 0.25) is 0 Å². The van der Waals surface area contributed by atoms with E-state index >= 15 is 0 Å². The van der Waals surface area contributed by atoms with Crippen molar-refractivity contribution in [2.24, 2.45) is 0 Å². The Bertz CT molecular complexity index is 684. The fourth-order valence-electron chi connectivity index (χ4n) is 2.51. The van der Waals surface area contributed by atoms with Crippen molar-refractivity contribution in [1.29, 1.82) is 0 Å². The van der Waals surface area contributed by atoms with Gasteiger partial charge in [0.25, 0.3) is 0 Å². The van der Waals surface area contributed by atoms with Gasteiger partial charge in [0.1, 0.15) is 5.75 Å². The van der Waals surface area contributed by atoms with Gasteiger partial charge in [-0.25, -0.2) is 0 Å². The van der Waals surface area contributed by atoms with Gasteiger partial charge in [0, 0.05) is 25.7 Å². The number of nitrogens with one attached hydrogen (secondary N) is 1. The number of amides is 2. The molecule has 2 aromatic rings. The molecule has 1 N–H and O–H groups in total. The Balaban J connectivity index is 1.87. The van der Waals surface area contributed by atoms with Crippen LogP contribution in [-0.4, -0.2) is 31.5 Å². The number of hydrogen-bond donors (Lipinski definition) is 1. The van der Waals surface area contributed by atoms with Crippen LogP contribution >= 0.6 is 0 Å². The van der Waals surface area contributed by atoms with E-state index < -0.39 is 0 Å². The van der Waals surface area contributed by atoms with Gasteiger partial charge in [-0.05, 0) is 36.8 Å². The molecule has 0 aliphatic rings. The van der Waals surface area contributed by atoms with E-state index in [1.165, 1.54) is 6.92 Å². The molecule has 0 aliphatic carbocycles. The molecular formula is C20H24N2O3. The molecule has 0 aromatic heterocycles. The molecule has 0 saturated heterocycles. The maximum absolute atomic E-state index is 12.0. The van der Waals surface area contributed by atoms with E-state index in [4.69, 9.17) is 4.74 Å². The van der Waals surface area contributed by atoms with E-state index in [-0.39, 0.29) is 11.8 Å². The summed E-state index contributed by atoms with van der Waals surface area (Å²) in [6.07, 6.45) is 0.337. The molecule has 0 bridgehead atoms. The van der Waals surface area contributed by atoms with Crippen molar-refractivity contribution in [1.82, 2.24) is 5.32 Å². The van der Waals surface area contributed by atoms with Crippen molar-refractivity contribution >= 4 is 17.5 Å². The molecule has 2 aromatic carbocycles. The van der Waals surface area contributed by atoms with Gasteiger partial charge in [-0.2, -0.15) is 0 Å². The zero-order chi connectivity index (χ0) is 18.1. The van der Waals surface area contributed by atoms with Gasteiger partial charge in [-0.1, -0.05) is 30.3 Å². The standard InChI is InChI=1S/C20H24N2O3/c1-3-25-19-11-9-18(10-12-19)22(16(2)23)14-13-21-20(24)15-17-7-5-4-6-8-17/h4-12H,3,13-15H2,1-2H3,(H,21,24). The summed E-state index contributed by atoms with van der Waals surface area (Å²) in [4.78, 5) is 25.5. The molecule has 0 saturated carbocycles. The zero-order valence-electron chi connectivity index (χ0n) is 14.7. The van der Waals surface area contributed by atoms with Crippen molar-refractivity contribution in [3.8, 4) is 5.75 Å². The summed E-state index contributed by atoms with van der Waals surface area (Å²) in [6, 6.07) is 16.9. The van der Waals surface area contributed by atoms with Crippen LogP contribution in [0.15, 0.2) is 54.6 Å². The predicted molar refractivity (Wildman–Crippen MR) is 98.8 cm³/mol. The Morgan fingerprint density at radius 3 is 2.32 bits per heavy atom.